The molecule has 0 amide bonds. The first-order valence-electron chi connectivity index (χ1n) is 5.48. The van der Waals surface area contributed by atoms with Gasteiger partial charge < -0.3 is 10.3 Å². The van der Waals surface area contributed by atoms with E-state index < -0.39 is 17.0 Å². The van der Waals surface area contributed by atoms with Gasteiger partial charge in [-0.2, -0.15) is 0 Å². The number of benzene rings is 1. The molecule has 0 fully saturated rings. The number of hydrogen-bond donors (Lipinski definition) is 1. The summed E-state index contributed by atoms with van der Waals surface area (Å²) in [7, 11) is -6.08. The van der Waals surface area contributed by atoms with Gasteiger partial charge in [0.15, 0.2) is 9.84 Å². The Hall–Kier alpha value is -0.800. The molecule has 0 aromatic heterocycles. The van der Waals surface area contributed by atoms with Gasteiger partial charge in [0, 0.05) is 5.69 Å². The Balaban J connectivity index is 3.05. The van der Waals surface area contributed by atoms with Gasteiger partial charge in [0.25, 0.3) is 0 Å². The highest BCUT2D eigenvalue weighted by Crippen LogP contribution is 2.46. The third-order valence-electron chi connectivity index (χ3n) is 2.80. The van der Waals surface area contributed by atoms with Crippen LogP contribution in [0.5, 0.6) is 0 Å². The van der Waals surface area contributed by atoms with Crippen LogP contribution in [0.1, 0.15) is 13.8 Å². The molecule has 0 spiro atoms. The second kappa shape index (κ2) is 5.23. The molecule has 0 aliphatic rings. The maximum atomic E-state index is 12.2. The van der Waals surface area contributed by atoms with E-state index >= 15 is 0 Å². The lowest BCUT2D eigenvalue weighted by molar-refractivity contribution is 0.575. The summed E-state index contributed by atoms with van der Waals surface area (Å²) in [6.07, 6.45) is 0.829. The van der Waals surface area contributed by atoms with Crippen molar-refractivity contribution in [1.29, 1.82) is 0 Å². The molecule has 1 aromatic rings. The molecule has 0 heterocycles. The second-order valence-electron chi connectivity index (χ2n) is 4.00. The molecule has 0 bridgehead atoms. The zero-order valence-corrected chi connectivity index (χ0v) is 11.8. The van der Waals surface area contributed by atoms with Crippen molar-refractivity contribution in [3.05, 3.63) is 24.3 Å². The molecule has 17 heavy (non-hydrogen) atoms. The van der Waals surface area contributed by atoms with Crippen LogP contribution in [-0.2, 0) is 14.4 Å². The maximum absolute atomic E-state index is 12.2. The highest BCUT2D eigenvalue weighted by Gasteiger charge is 2.27. The van der Waals surface area contributed by atoms with E-state index in [0.29, 0.717) is 18.0 Å². The molecule has 6 heteroatoms. The first-order valence-corrected chi connectivity index (χ1v) is 9.40. The molecule has 0 aliphatic carbocycles. The van der Waals surface area contributed by atoms with Gasteiger partial charge in [-0.05, 0) is 36.6 Å². The SMILES string of the molecule is CCP(=O)(CC)CS(=O)(=O)c1ccc(N)cc1. The minimum absolute atomic E-state index is 0.189. The van der Waals surface area contributed by atoms with Crippen molar-refractivity contribution in [2.75, 3.05) is 23.6 Å². The highest BCUT2D eigenvalue weighted by molar-refractivity contribution is 7.99. The smallest absolute Gasteiger partial charge is 0.185 e. The van der Waals surface area contributed by atoms with Crippen LogP contribution in [0, 0.1) is 0 Å². The highest BCUT2D eigenvalue weighted by atomic mass is 32.2. The lowest BCUT2D eigenvalue weighted by Gasteiger charge is -2.14. The summed E-state index contributed by atoms with van der Waals surface area (Å²) in [6.45, 7) is 3.53. The van der Waals surface area contributed by atoms with E-state index in [1.807, 2.05) is 0 Å². The predicted molar refractivity (Wildman–Crippen MR) is 71.6 cm³/mol. The fourth-order valence-corrected chi connectivity index (χ4v) is 7.00. The number of sulfone groups is 1. The average Bonchev–Trinajstić information content (AvgIpc) is 2.29. The van der Waals surface area contributed by atoms with Crippen LogP contribution in [0.3, 0.4) is 0 Å². The Kier molecular flexibility index (Phi) is 4.39. The van der Waals surface area contributed by atoms with Crippen molar-refractivity contribution in [3.8, 4) is 0 Å². The largest absolute Gasteiger partial charge is 0.399 e. The van der Waals surface area contributed by atoms with Crippen LogP contribution >= 0.6 is 7.14 Å². The third kappa shape index (κ3) is 3.58. The summed E-state index contributed by atoms with van der Waals surface area (Å²) in [5.74, 6) is 0. The summed E-state index contributed by atoms with van der Waals surface area (Å²) in [5, 5.41) is 0. The fraction of sp³-hybridized carbons (Fsp3) is 0.455. The van der Waals surface area contributed by atoms with E-state index in [0.717, 1.165) is 0 Å². The standard InChI is InChI=1S/C11H18NO3PS/c1-3-16(13,4-2)9-17(14,15)11-7-5-10(12)6-8-11/h5-8H,3-4,9,12H2,1-2H3. The lowest BCUT2D eigenvalue weighted by Crippen LogP contribution is -2.10. The van der Waals surface area contributed by atoms with Crippen LogP contribution in [-0.4, -0.2) is 26.2 Å². The molecule has 0 aliphatic heterocycles. The van der Waals surface area contributed by atoms with Gasteiger partial charge >= 0.3 is 0 Å². The molecular formula is C11H18NO3PS. The molecule has 0 unspecified atom stereocenters. The van der Waals surface area contributed by atoms with E-state index in [9.17, 15) is 13.0 Å². The maximum Gasteiger partial charge on any atom is 0.185 e. The van der Waals surface area contributed by atoms with Crippen molar-refractivity contribution >= 4 is 22.7 Å². The van der Waals surface area contributed by atoms with Crippen LogP contribution in [0.25, 0.3) is 0 Å². The first kappa shape index (κ1) is 14.3. The zero-order chi connectivity index (χ0) is 13.1. The van der Waals surface area contributed by atoms with E-state index in [1.165, 1.54) is 24.3 Å². The number of rotatable bonds is 5. The Morgan fingerprint density at radius 2 is 1.59 bits per heavy atom. The monoisotopic (exact) mass is 275 g/mol. The Labute approximate surface area is 103 Å². The van der Waals surface area contributed by atoms with Gasteiger partial charge in [0.05, 0.1) is 4.90 Å². The molecule has 0 atom stereocenters. The van der Waals surface area contributed by atoms with Gasteiger partial charge in [-0.15, -0.1) is 0 Å². The fourth-order valence-electron chi connectivity index (χ4n) is 1.47. The van der Waals surface area contributed by atoms with Crippen LogP contribution in [0.2, 0.25) is 0 Å². The normalized spacial score (nSPS) is 12.6. The van der Waals surface area contributed by atoms with Crippen LogP contribution in [0.4, 0.5) is 5.69 Å². The van der Waals surface area contributed by atoms with E-state index in [4.69, 9.17) is 5.73 Å². The minimum atomic E-state index is -3.48. The number of anilines is 1. The van der Waals surface area contributed by atoms with Gasteiger partial charge in [0.2, 0.25) is 0 Å². The molecule has 4 nitrogen and oxygen atoms in total. The van der Waals surface area contributed by atoms with Crippen molar-refractivity contribution in [1.82, 2.24) is 0 Å². The predicted octanol–water partition coefficient (Wildman–Crippen LogP) is 2.40. The summed E-state index contributed by atoms with van der Waals surface area (Å²) >= 11 is 0. The summed E-state index contributed by atoms with van der Waals surface area (Å²) < 4.78 is 36.3. The topological polar surface area (TPSA) is 77.2 Å². The number of nitrogen functional groups attached to an aromatic ring is 1. The van der Waals surface area contributed by atoms with Crippen molar-refractivity contribution < 1.29 is 13.0 Å². The minimum Gasteiger partial charge on any atom is -0.399 e. The molecule has 0 radical (unpaired) electrons. The van der Waals surface area contributed by atoms with E-state index in [1.54, 1.807) is 13.8 Å². The van der Waals surface area contributed by atoms with Gasteiger partial charge in [-0.3, -0.25) is 0 Å². The van der Waals surface area contributed by atoms with Crippen LogP contribution < -0.4 is 5.73 Å². The molecule has 96 valence electrons. The first-order chi connectivity index (χ1) is 7.83. The van der Waals surface area contributed by atoms with Gasteiger partial charge in [-0.25, -0.2) is 8.42 Å². The summed E-state index contributed by atoms with van der Waals surface area (Å²) in [4.78, 5) is 0.189. The molecule has 0 saturated heterocycles. The van der Waals surface area contributed by atoms with Crippen LogP contribution in [0.15, 0.2) is 29.2 Å². The molecule has 1 aromatic carbocycles. The Morgan fingerprint density at radius 3 is 2.00 bits per heavy atom. The average molecular weight is 275 g/mol. The number of hydrogen-bond acceptors (Lipinski definition) is 4. The molecule has 2 N–H and O–H groups in total. The summed E-state index contributed by atoms with van der Waals surface area (Å²) in [5.41, 5.74) is 5.76. The lowest BCUT2D eigenvalue weighted by atomic mass is 10.3. The van der Waals surface area contributed by atoms with E-state index in [2.05, 4.69) is 0 Å². The molecule has 1 rings (SSSR count). The van der Waals surface area contributed by atoms with Gasteiger partial charge in [0.1, 0.15) is 12.6 Å². The quantitative estimate of drug-likeness (QED) is 0.661. The van der Waals surface area contributed by atoms with Crippen molar-refractivity contribution in [3.63, 3.8) is 0 Å². The van der Waals surface area contributed by atoms with E-state index in [-0.39, 0.29) is 10.4 Å². The molecule has 0 saturated carbocycles. The van der Waals surface area contributed by atoms with Gasteiger partial charge in [-0.1, -0.05) is 13.8 Å². The Bertz CT molecular complexity index is 514. The second-order valence-corrected chi connectivity index (χ2v) is 10.1. The molecular weight excluding hydrogens is 257 g/mol. The summed E-state index contributed by atoms with van der Waals surface area (Å²) in [6, 6.07) is 5.99. The van der Waals surface area contributed by atoms with Crippen molar-refractivity contribution in [2.45, 2.75) is 18.7 Å². The number of nitrogens with two attached hydrogens (primary N) is 1. The zero-order valence-electron chi connectivity index (χ0n) is 10.1. The third-order valence-corrected chi connectivity index (χ3v) is 9.33. The Morgan fingerprint density at radius 1 is 1.12 bits per heavy atom. The van der Waals surface area contributed by atoms with Crippen molar-refractivity contribution in [2.24, 2.45) is 0 Å².